The van der Waals surface area contributed by atoms with E-state index in [1.54, 1.807) is 6.92 Å². The lowest BCUT2D eigenvalue weighted by molar-refractivity contribution is -0.125. The van der Waals surface area contributed by atoms with Crippen LogP contribution in [-0.2, 0) is 4.79 Å². The van der Waals surface area contributed by atoms with Gasteiger partial charge in [0.25, 0.3) is 0 Å². The van der Waals surface area contributed by atoms with Gasteiger partial charge in [-0.2, -0.15) is 0 Å². The second-order valence-electron chi connectivity index (χ2n) is 6.95. The van der Waals surface area contributed by atoms with Crippen LogP contribution in [0.1, 0.15) is 19.4 Å². The summed E-state index contributed by atoms with van der Waals surface area (Å²) < 4.78 is 18.7. The van der Waals surface area contributed by atoms with Gasteiger partial charge in [0.1, 0.15) is 12.4 Å². The van der Waals surface area contributed by atoms with Gasteiger partial charge in [0.05, 0.1) is 11.7 Å². The first-order valence-electron chi connectivity index (χ1n) is 7.65. The molecular weight excluding hydrogens is 285 g/mol. The van der Waals surface area contributed by atoms with Crippen LogP contribution in [-0.4, -0.2) is 36.1 Å². The van der Waals surface area contributed by atoms with E-state index >= 15 is 0 Å². The highest BCUT2D eigenvalue weighted by molar-refractivity contribution is 5.83. The summed E-state index contributed by atoms with van der Waals surface area (Å²) in [7, 11) is 0. The van der Waals surface area contributed by atoms with E-state index in [0.29, 0.717) is 29.9 Å². The molecule has 1 aromatic heterocycles. The number of hydrogen-bond donors (Lipinski definition) is 2. The van der Waals surface area contributed by atoms with Gasteiger partial charge in [0.2, 0.25) is 11.8 Å². The molecule has 3 rings (SSSR count). The number of ether oxygens (including phenoxy) is 1. The van der Waals surface area contributed by atoms with Crippen LogP contribution in [0.5, 0.6) is 5.88 Å². The van der Waals surface area contributed by atoms with E-state index in [9.17, 15) is 9.18 Å². The summed E-state index contributed by atoms with van der Waals surface area (Å²) in [4.78, 5) is 16.2. The molecule has 1 saturated carbocycles. The number of piperidine rings is 1. The maximum absolute atomic E-state index is 13.0. The Labute approximate surface area is 129 Å². The zero-order valence-corrected chi connectivity index (χ0v) is 13.1. The topological polar surface area (TPSA) is 63.2 Å². The Balaban J connectivity index is 1.53. The maximum atomic E-state index is 13.0. The molecule has 1 aliphatic carbocycles. The third-order valence-electron chi connectivity index (χ3n) is 4.42. The van der Waals surface area contributed by atoms with E-state index in [-0.39, 0.29) is 17.6 Å². The summed E-state index contributed by atoms with van der Waals surface area (Å²) in [6, 6.07) is 1.38. The zero-order valence-electron chi connectivity index (χ0n) is 13.1. The molecular formula is C16H22FN3O2. The third-order valence-corrected chi connectivity index (χ3v) is 4.42. The summed E-state index contributed by atoms with van der Waals surface area (Å²) >= 11 is 0. The number of amides is 1. The van der Waals surface area contributed by atoms with Gasteiger partial charge in [-0.25, -0.2) is 9.37 Å². The van der Waals surface area contributed by atoms with Crippen LogP contribution >= 0.6 is 0 Å². The summed E-state index contributed by atoms with van der Waals surface area (Å²) in [6.07, 6.45) is 1.13. The average Bonchev–Trinajstić information content (AvgIpc) is 2.91. The van der Waals surface area contributed by atoms with E-state index in [1.807, 2.05) is 13.8 Å². The van der Waals surface area contributed by atoms with Gasteiger partial charge in [0.15, 0.2) is 0 Å². The molecule has 2 aliphatic rings. The second kappa shape index (κ2) is 5.50. The predicted molar refractivity (Wildman–Crippen MR) is 80.0 cm³/mol. The molecule has 2 unspecified atom stereocenters. The largest absolute Gasteiger partial charge is 0.475 e. The van der Waals surface area contributed by atoms with Gasteiger partial charge in [-0.15, -0.1) is 0 Å². The summed E-state index contributed by atoms with van der Waals surface area (Å²) in [5, 5.41) is 6.34. The van der Waals surface area contributed by atoms with Crippen molar-refractivity contribution in [3.8, 4) is 5.88 Å². The molecule has 0 aromatic carbocycles. The van der Waals surface area contributed by atoms with E-state index in [2.05, 4.69) is 15.6 Å². The van der Waals surface area contributed by atoms with Crippen molar-refractivity contribution < 1.29 is 13.9 Å². The molecule has 2 heterocycles. The van der Waals surface area contributed by atoms with E-state index in [1.165, 1.54) is 6.07 Å². The quantitative estimate of drug-likeness (QED) is 0.860. The second-order valence-corrected chi connectivity index (χ2v) is 6.95. The highest BCUT2D eigenvalue weighted by Gasteiger charge is 2.57. The van der Waals surface area contributed by atoms with Crippen molar-refractivity contribution in [1.82, 2.24) is 15.6 Å². The molecule has 6 heteroatoms. The number of nitrogens with one attached hydrogen (secondary N) is 2. The predicted octanol–water partition coefficient (Wildman–Crippen LogP) is 1.27. The number of aromatic nitrogens is 1. The number of aryl methyl sites for hydroxylation is 1. The number of carbonyl (C=O) groups excluding carboxylic acids is 1. The van der Waals surface area contributed by atoms with E-state index in [4.69, 9.17) is 4.74 Å². The Morgan fingerprint density at radius 2 is 2.18 bits per heavy atom. The lowest BCUT2D eigenvalue weighted by Gasteiger charge is -2.26. The first-order chi connectivity index (χ1) is 10.4. The fourth-order valence-corrected chi connectivity index (χ4v) is 3.19. The van der Waals surface area contributed by atoms with Crippen molar-refractivity contribution in [3.63, 3.8) is 0 Å². The normalized spacial score (nSPS) is 26.5. The Morgan fingerprint density at radius 3 is 2.82 bits per heavy atom. The summed E-state index contributed by atoms with van der Waals surface area (Å²) in [6.45, 7) is 7.75. The van der Waals surface area contributed by atoms with Gasteiger partial charge in [-0.3, -0.25) is 4.79 Å². The number of pyridine rings is 1. The minimum Gasteiger partial charge on any atom is -0.475 e. The Kier molecular flexibility index (Phi) is 3.80. The van der Waals surface area contributed by atoms with Crippen molar-refractivity contribution >= 4 is 5.91 Å². The smallest absolute Gasteiger partial charge is 0.224 e. The van der Waals surface area contributed by atoms with Crippen molar-refractivity contribution in [2.75, 3.05) is 19.7 Å². The highest BCUT2D eigenvalue weighted by atomic mass is 19.1. The molecule has 1 aromatic rings. The molecule has 0 spiro atoms. The van der Waals surface area contributed by atoms with Crippen LogP contribution in [0.2, 0.25) is 0 Å². The third kappa shape index (κ3) is 3.06. The number of nitrogens with zero attached hydrogens (tertiary/aromatic N) is 1. The molecule has 0 bridgehead atoms. The van der Waals surface area contributed by atoms with Gasteiger partial charge in [-0.05, 0) is 51.8 Å². The van der Waals surface area contributed by atoms with Crippen LogP contribution in [0.4, 0.5) is 4.39 Å². The van der Waals surface area contributed by atoms with Gasteiger partial charge < -0.3 is 15.4 Å². The van der Waals surface area contributed by atoms with E-state index in [0.717, 1.165) is 19.3 Å². The highest BCUT2D eigenvalue weighted by Crippen LogP contribution is 2.48. The van der Waals surface area contributed by atoms with E-state index < -0.39 is 5.54 Å². The number of hydrogen-bond acceptors (Lipinski definition) is 4. The fourth-order valence-electron chi connectivity index (χ4n) is 3.19. The first-order valence-corrected chi connectivity index (χ1v) is 7.65. The molecule has 0 radical (unpaired) electrons. The maximum Gasteiger partial charge on any atom is 0.224 e. The molecule has 1 aliphatic heterocycles. The zero-order chi connectivity index (χ0) is 15.9. The van der Waals surface area contributed by atoms with Crippen LogP contribution in [0.3, 0.4) is 0 Å². The lowest BCUT2D eigenvalue weighted by atomic mass is 10.1. The monoisotopic (exact) mass is 307 g/mol. The van der Waals surface area contributed by atoms with Crippen LogP contribution < -0.4 is 15.4 Å². The molecule has 5 nitrogen and oxygen atoms in total. The lowest BCUT2D eigenvalue weighted by Crippen LogP contribution is -2.49. The molecule has 22 heavy (non-hydrogen) atoms. The number of rotatable bonds is 5. The number of carbonyl (C=O) groups is 1. The SMILES string of the molecule is Cc1cc(F)cnc1OCC(C)(C)NC(=O)C1C2CNCC21. The molecule has 2 N–H and O–H groups in total. The van der Waals surface area contributed by atoms with Crippen LogP contribution in [0, 0.1) is 30.5 Å². The molecule has 120 valence electrons. The minimum absolute atomic E-state index is 0.105. The minimum atomic E-state index is -0.496. The van der Waals surface area contributed by atoms with Crippen LogP contribution in [0.25, 0.3) is 0 Å². The van der Waals surface area contributed by atoms with Crippen molar-refractivity contribution in [1.29, 1.82) is 0 Å². The van der Waals surface area contributed by atoms with Crippen molar-refractivity contribution in [3.05, 3.63) is 23.6 Å². The van der Waals surface area contributed by atoms with Crippen LogP contribution in [0.15, 0.2) is 12.3 Å². The van der Waals surface area contributed by atoms with Gasteiger partial charge >= 0.3 is 0 Å². The first kappa shape index (κ1) is 15.2. The molecule has 1 amide bonds. The number of fused-ring (bicyclic) bond motifs is 1. The average molecular weight is 307 g/mol. The molecule has 1 saturated heterocycles. The summed E-state index contributed by atoms with van der Waals surface area (Å²) in [5.74, 6) is 1.26. The molecule has 2 atom stereocenters. The molecule has 2 fully saturated rings. The van der Waals surface area contributed by atoms with Crippen molar-refractivity contribution in [2.24, 2.45) is 17.8 Å². The Morgan fingerprint density at radius 1 is 1.50 bits per heavy atom. The summed E-state index contributed by atoms with van der Waals surface area (Å²) in [5.41, 5.74) is 0.147. The standard InChI is InChI=1S/C16H22FN3O2/c1-9-4-10(17)5-19-15(9)22-8-16(2,3)20-14(21)13-11-6-18-7-12(11)13/h4-5,11-13,18H,6-8H2,1-3H3,(H,20,21). The van der Waals surface area contributed by atoms with Crippen molar-refractivity contribution in [2.45, 2.75) is 26.3 Å². The fraction of sp³-hybridized carbons (Fsp3) is 0.625. The van der Waals surface area contributed by atoms with Gasteiger partial charge in [-0.1, -0.05) is 0 Å². The Bertz CT molecular complexity index is 581. The van der Waals surface area contributed by atoms with Gasteiger partial charge in [0, 0.05) is 11.5 Å². The Hall–Kier alpha value is -1.69. The number of halogens is 1.